The molecular weight excluding hydrogens is 868 g/mol. The molecule has 4 aliphatic carbocycles. The first-order valence-corrected chi connectivity index (χ1v) is 24.2. The predicted octanol–water partition coefficient (Wildman–Crippen LogP) is -1.44. The molecule has 7 fully saturated rings. The van der Waals surface area contributed by atoms with Gasteiger partial charge in [0.2, 0.25) is 0 Å². The number of rotatable bonds is 14. The fraction of sp³-hybridized carbons (Fsp3) is 0.957. The van der Waals surface area contributed by atoms with E-state index >= 15 is 0 Å². The fourth-order valence-corrected chi connectivity index (χ4v) is 14.4. The first kappa shape index (κ1) is 52.8. The maximum atomic E-state index is 12.3. The Hall–Kier alpha value is -1.02. The van der Waals surface area contributed by atoms with E-state index in [0.717, 1.165) is 31.3 Å². The lowest BCUT2D eigenvalue weighted by molar-refractivity contribution is -0.375. The third-order valence-corrected chi connectivity index (χ3v) is 18.8. The van der Waals surface area contributed by atoms with Crippen LogP contribution in [0.4, 0.5) is 0 Å². The normalized spacial score (nSPS) is 53.4. The van der Waals surface area contributed by atoms with Crippen LogP contribution in [0.5, 0.6) is 0 Å². The SMILES string of the molecule is C/C(=C/CC[C@@]1(CO)CC[C@@]2(C)[C@@H](CC[C@H]3[C@]4(C)CC[C@@H](O[C@H]5O[C@@H](CO)[C@H](O)[C@@H](O)[C@@H]5O[C@H]5OC[C@H](O)[C@@H](O)[C@@H]5O)[C@](C)(CO[C@H]5O[C@@H](CO)[C@H](O)[C@@H](O)[C@@H]5O)[C@H]4CC[C@@]32C)[C@@H]1O)CO. The molecule has 0 aromatic rings. The van der Waals surface area contributed by atoms with Gasteiger partial charge in [-0.05, 0) is 105 Å². The Balaban J connectivity index is 1.20. The van der Waals surface area contributed by atoms with Crippen molar-refractivity contribution in [3.05, 3.63) is 11.6 Å². The third kappa shape index (κ3) is 8.89. The van der Waals surface area contributed by atoms with Crippen molar-refractivity contribution in [2.24, 2.45) is 44.8 Å². The molecule has 382 valence electrons. The number of hydrogen-bond donors (Lipinski definition) is 13. The van der Waals surface area contributed by atoms with Crippen LogP contribution < -0.4 is 0 Å². The summed E-state index contributed by atoms with van der Waals surface area (Å²) in [5.74, 6) is -0.0855. The van der Waals surface area contributed by atoms with E-state index in [9.17, 15) is 66.4 Å². The van der Waals surface area contributed by atoms with Crippen molar-refractivity contribution < 1.29 is 94.8 Å². The lowest BCUT2D eigenvalue weighted by Crippen LogP contribution is -2.69. The van der Waals surface area contributed by atoms with Crippen LogP contribution in [0, 0.1) is 44.8 Å². The minimum Gasteiger partial charge on any atom is -0.396 e. The molecule has 3 aliphatic heterocycles. The van der Waals surface area contributed by atoms with Gasteiger partial charge in [-0.3, -0.25) is 0 Å². The van der Waals surface area contributed by atoms with Gasteiger partial charge in [-0.1, -0.05) is 39.3 Å². The van der Waals surface area contributed by atoms with Gasteiger partial charge in [0.05, 0.1) is 51.8 Å². The minimum absolute atomic E-state index is 0.0412. The van der Waals surface area contributed by atoms with Crippen molar-refractivity contribution in [3.63, 3.8) is 0 Å². The molecular formula is C47H80O19. The molecule has 4 saturated carbocycles. The van der Waals surface area contributed by atoms with Gasteiger partial charge < -0.3 is 94.8 Å². The monoisotopic (exact) mass is 949 g/mol. The van der Waals surface area contributed by atoms with Gasteiger partial charge in [-0.15, -0.1) is 0 Å². The Bertz CT molecular complexity index is 1660. The van der Waals surface area contributed by atoms with Crippen LogP contribution in [-0.4, -0.2) is 204 Å². The molecule has 19 nitrogen and oxygen atoms in total. The molecule has 0 amide bonds. The zero-order chi connectivity index (χ0) is 48.3. The maximum Gasteiger partial charge on any atom is 0.187 e. The van der Waals surface area contributed by atoms with Crippen LogP contribution in [0.3, 0.4) is 0 Å². The third-order valence-electron chi connectivity index (χ3n) is 18.8. The molecule has 24 atom stereocenters. The Labute approximate surface area is 387 Å². The number of hydrogen-bond acceptors (Lipinski definition) is 19. The highest BCUT2D eigenvalue weighted by Gasteiger charge is 2.70. The molecule has 19 heteroatoms. The molecule has 3 heterocycles. The molecule has 13 N–H and O–H groups in total. The summed E-state index contributed by atoms with van der Waals surface area (Å²) in [4.78, 5) is 0. The lowest BCUT2D eigenvalue weighted by Gasteiger charge is -2.72. The predicted molar refractivity (Wildman–Crippen MR) is 230 cm³/mol. The summed E-state index contributed by atoms with van der Waals surface area (Å²) in [7, 11) is 0. The van der Waals surface area contributed by atoms with Crippen LogP contribution in [-0.2, 0) is 28.4 Å². The second-order valence-corrected chi connectivity index (χ2v) is 22.1. The van der Waals surface area contributed by atoms with Crippen LogP contribution >= 0.6 is 0 Å². The number of ether oxygens (including phenoxy) is 6. The smallest absolute Gasteiger partial charge is 0.187 e. The van der Waals surface area contributed by atoms with Gasteiger partial charge in [0.25, 0.3) is 0 Å². The average molecular weight is 949 g/mol. The standard InChI is InChI=1S/C47H80O19/c1-23(17-48)7-6-12-47(21-51)16-15-45(4)24(39(47)60)8-9-29-43(2)13-11-30(65-42-38(35(57)33(55)27(19-50)64-42)66-40-36(58)31(53)25(52)20-61-40)44(3,28(43)10-14-46(29,45)5)22-62-41-37(59)34(56)32(54)26(18-49)63-41/h7,24-42,48-60H,6,8-22H2,1-5H3/b23-7-/t24-,25-,26-,27-,28-,29-,30+,31+,32-,33-,34+,35+,36-,37-,38-,39-,40+,41-,42+,43+,44+,45-,46-,47-/m0/s1. The molecule has 0 unspecified atom stereocenters. The van der Waals surface area contributed by atoms with Gasteiger partial charge in [-0.25, -0.2) is 0 Å². The summed E-state index contributed by atoms with van der Waals surface area (Å²) in [5, 5.41) is 139. The van der Waals surface area contributed by atoms with E-state index in [1.165, 1.54) is 0 Å². The molecule has 66 heavy (non-hydrogen) atoms. The first-order valence-electron chi connectivity index (χ1n) is 24.2. The van der Waals surface area contributed by atoms with Crippen molar-refractivity contribution in [3.8, 4) is 0 Å². The molecule has 0 aromatic carbocycles. The quantitative estimate of drug-likeness (QED) is 0.0701. The minimum atomic E-state index is -1.75. The highest BCUT2D eigenvalue weighted by Crippen LogP contribution is 2.75. The highest BCUT2D eigenvalue weighted by molar-refractivity contribution is 5.19. The molecule has 0 radical (unpaired) electrons. The van der Waals surface area contributed by atoms with Crippen molar-refractivity contribution in [1.82, 2.24) is 0 Å². The zero-order valence-corrected chi connectivity index (χ0v) is 39.1. The van der Waals surface area contributed by atoms with Crippen LogP contribution in [0.25, 0.3) is 0 Å². The van der Waals surface area contributed by atoms with Crippen molar-refractivity contribution in [1.29, 1.82) is 0 Å². The molecule has 0 aromatic heterocycles. The Morgan fingerprint density at radius 1 is 0.636 bits per heavy atom. The first-order chi connectivity index (χ1) is 31.1. The van der Waals surface area contributed by atoms with Gasteiger partial charge in [-0.2, -0.15) is 0 Å². The van der Waals surface area contributed by atoms with E-state index in [1.807, 2.05) is 19.9 Å². The number of fused-ring (bicyclic) bond motifs is 5. The van der Waals surface area contributed by atoms with E-state index in [1.54, 1.807) is 0 Å². The number of aliphatic hydroxyl groups is 13. The van der Waals surface area contributed by atoms with E-state index < -0.39 is 129 Å². The number of allylic oxidation sites excluding steroid dienone is 1. The summed E-state index contributed by atoms with van der Waals surface area (Å²) in [6.07, 6.45) is -14.6. The summed E-state index contributed by atoms with van der Waals surface area (Å²) in [5.41, 5.74) is -1.71. The molecule has 7 rings (SSSR count). The second kappa shape index (κ2) is 20.2. The van der Waals surface area contributed by atoms with Crippen LogP contribution in [0.2, 0.25) is 0 Å². The van der Waals surface area contributed by atoms with Crippen molar-refractivity contribution in [2.75, 3.05) is 39.6 Å². The van der Waals surface area contributed by atoms with Crippen molar-refractivity contribution in [2.45, 2.75) is 197 Å². The van der Waals surface area contributed by atoms with E-state index in [2.05, 4.69) is 20.8 Å². The molecule has 0 bridgehead atoms. The fourth-order valence-electron chi connectivity index (χ4n) is 14.4. The van der Waals surface area contributed by atoms with E-state index in [4.69, 9.17) is 28.4 Å². The van der Waals surface area contributed by atoms with Gasteiger partial charge in [0, 0.05) is 10.8 Å². The Kier molecular flexibility index (Phi) is 16.2. The summed E-state index contributed by atoms with van der Waals surface area (Å²) >= 11 is 0. The lowest BCUT2D eigenvalue weighted by atomic mass is 9.33. The Morgan fingerprint density at radius 3 is 1.94 bits per heavy atom. The topological polar surface area (TPSA) is 318 Å². The summed E-state index contributed by atoms with van der Waals surface area (Å²) < 4.78 is 36.8. The maximum absolute atomic E-state index is 12.3. The second-order valence-electron chi connectivity index (χ2n) is 22.1. The summed E-state index contributed by atoms with van der Waals surface area (Å²) in [6.45, 7) is 8.76. The Morgan fingerprint density at radius 2 is 1.29 bits per heavy atom. The zero-order valence-electron chi connectivity index (χ0n) is 39.1. The van der Waals surface area contributed by atoms with Gasteiger partial charge in [0.1, 0.15) is 67.1 Å². The van der Waals surface area contributed by atoms with E-state index in [0.29, 0.717) is 38.5 Å². The van der Waals surface area contributed by atoms with E-state index in [-0.39, 0.29) is 53.8 Å². The molecule has 3 saturated heterocycles. The average Bonchev–Trinajstić information content (AvgIpc) is 3.29. The van der Waals surface area contributed by atoms with Gasteiger partial charge in [0.15, 0.2) is 18.9 Å². The van der Waals surface area contributed by atoms with Crippen LogP contribution in [0.1, 0.15) is 98.8 Å². The molecule has 7 aliphatic rings. The highest BCUT2D eigenvalue weighted by atomic mass is 16.8. The van der Waals surface area contributed by atoms with Crippen LogP contribution in [0.15, 0.2) is 11.6 Å². The van der Waals surface area contributed by atoms with Gasteiger partial charge >= 0.3 is 0 Å². The van der Waals surface area contributed by atoms with Crippen molar-refractivity contribution >= 4 is 0 Å². The summed E-state index contributed by atoms with van der Waals surface area (Å²) in [6, 6.07) is 0. The number of aliphatic hydroxyl groups excluding tert-OH is 13. The largest absolute Gasteiger partial charge is 0.396 e. The molecule has 0 spiro atoms.